The zero-order valence-corrected chi connectivity index (χ0v) is 9.54. The number of imidazole rings is 1. The van der Waals surface area contributed by atoms with Crippen LogP contribution in [0.4, 0.5) is 5.82 Å². The largest absolute Gasteiger partial charge is 0.383 e. The standard InChI is InChI=1S/C14H10N4/c15-13-9-5-1-3-7-11(9)18-12-8-4-2-6-10(12)16-14(18)17-13/h1-8H,(H2,15,16,17). The summed E-state index contributed by atoms with van der Waals surface area (Å²) in [6.45, 7) is 0. The van der Waals surface area contributed by atoms with Crippen molar-refractivity contribution in [1.82, 2.24) is 14.4 Å². The van der Waals surface area contributed by atoms with Crippen LogP contribution in [0.5, 0.6) is 0 Å². The molecule has 4 aromatic rings. The van der Waals surface area contributed by atoms with E-state index in [-0.39, 0.29) is 0 Å². The highest BCUT2D eigenvalue weighted by Crippen LogP contribution is 2.24. The summed E-state index contributed by atoms with van der Waals surface area (Å²) in [7, 11) is 0. The van der Waals surface area contributed by atoms with Crippen LogP contribution in [0, 0.1) is 0 Å². The average Bonchev–Trinajstić information content (AvgIpc) is 2.77. The van der Waals surface area contributed by atoms with Crippen molar-refractivity contribution < 1.29 is 0 Å². The average molecular weight is 234 g/mol. The van der Waals surface area contributed by atoms with Crippen LogP contribution < -0.4 is 5.73 Å². The molecule has 0 saturated heterocycles. The van der Waals surface area contributed by atoms with Crippen LogP contribution in [0.1, 0.15) is 0 Å². The Balaban J connectivity index is 2.39. The molecule has 0 fully saturated rings. The molecule has 2 aromatic carbocycles. The number of rotatable bonds is 0. The van der Waals surface area contributed by atoms with E-state index in [4.69, 9.17) is 5.73 Å². The van der Waals surface area contributed by atoms with E-state index in [2.05, 4.69) is 9.97 Å². The molecule has 0 amide bonds. The monoisotopic (exact) mass is 234 g/mol. The van der Waals surface area contributed by atoms with Gasteiger partial charge >= 0.3 is 0 Å². The Hall–Kier alpha value is -2.62. The van der Waals surface area contributed by atoms with E-state index < -0.39 is 0 Å². The van der Waals surface area contributed by atoms with Gasteiger partial charge in [0.2, 0.25) is 5.78 Å². The molecule has 0 bridgehead atoms. The summed E-state index contributed by atoms with van der Waals surface area (Å²) < 4.78 is 2.04. The molecule has 4 nitrogen and oxygen atoms in total. The SMILES string of the molecule is Nc1nc2nc3ccccc3n2c2ccccc12. The number of aromatic nitrogens is 3. The summed E-state index contributed by atoms with van der Waals surface area (Å²) in [6, 6.07) is 16.0. The number of nitrogen functional groups attached to an aromatic ring is 1. The molecule has 2 heterocycles. The smallest absolute Gasteiger partial charge is 0.237 e. The van der Waals surface area contributed by atoms with Crippen molar-refractivity contribution in [2.45, 2.75) is 0 Å². The van der Waals surface area contributed by atoms with Gasteiger partial charge in [-0.2, -0.15) is 4.98 Å². The first-order valence-corrected chi connectivity index (χ1v) is 5.76. The third-order valence-corrected chi connectivity index (χ3v) is 3.18. The zero-order chi connectivity index (χ0) is 12.1. The highest BCUT2D eigenvalue weighted by Gasteiger charge is 2.10. The number of nitrogens with zero attached hydrogens (tertiary/aromatic N) is 3. The van der Waals surface area contributed by atoms with Gasteiger partial charge in [0, 0.05) is 5.39 Å². The summed E-state index contributed by atoms with van der Waals surface area (Å²) in [5, 5.41) is 0.952. The summed E-state index contributed by atoms with van der Waals surface area (Å²) in [6.07, 6.45) is 0. The van der Waals surface area contributed by atoms with Crippen molar-refractivity contribution >= 4 is 33.5 Å². The summed E-state index contributed by atoms with van der Waals surface area (Å²) in [5.74, 6) is 1.17. The van der Waals surface area contributed by atoms with Gasteiger partial charge in [-0.3, -0.25) is 4.40 Å². The van der Waals surface area contributed by atoms with Crippen molar-refractivity contribution in [3.8, 4) is 0 Å². The number of nitrogens with two attached hydrogens (primary N) is 1. The highest BCUT2D eigenvalue weighted by atomic mass is 15.1. The van der Waals surface area contributed by atoms with Gasteiger partial charge in [0.1, 0.15) is 5.82 Å². The van der Waals surface area contributed by atoms with E-state index in [1.807, 2.05) is 52.9 Å². The topological polar surface area (TPSA) is 56.2 Å². The Morgan fingerprint density at radius 3 is 2.44 bits per heavy atom. The van der Waals surface area contributed by atoms with E-state index >= 15 is 0 Å². The third kappa shape index (κ3) is 1.09. The Bertz CT molecular complexity index is 892. The molecule has 4 rings (SSSR count). The Morgan fingerprint density at radius 2 is 1.56 bits per heavy atom. The Labute approximate surface area is 103 Å². The van der Waals surface area contributed by atoms with Crippen LogP contribution in [-0.4, -0.2) is 14.4 Å². The van der Waals surface area contributed by atoms with Gasteiger partial charge in [-0.25, -0.2) is 4.98 Å². The lowest BCUT2D eigenvalue weighted by Crippen LogP contribution is -1.98. The molecular formula is C14H10N4. The van der Waals surface area contributed by atoms with Crippen LogP contribution in [0.3, 0.4) is 0 Å². The van der Waals surface area contributed by atoms with Gasteiger partial charge in [0.05, 0.1) is 16.6 Å². The molecule has 0 saturated carbocycles. The summed E-state index contributed by atoms with van der Waals surface area (Å²) >= 11 is 0. The lowest BCUT2D eigenvalue weighted by molar-refractivity contribution is 1.20. The normalized spacial score (nSPS) is 11.6. The van der Waals surface area contributed by atoms with E-state index in [1.165, 1.54) is 0 Å². The minimum absolute atomic E-state index is 0.522. The Kier molecular flexibility index (Phi) is 1.67. The molecule has 0 aliphatic heterocycles. The molecule has 4 heteroatoms. The van der Waals surface area contributed by atoms with Crippen LogP contribution in [0.2, 0.25) is 0 Å². The minimum Gasteiger partial charge on any atom is -0.383 e. The maximum Gasteiger partial charge on any atom is 0.237 e. The predicted molar refractivity (Wildman–Crippen MR) is 72.4 cm³/mol. The maximum atomic E-state index is 5.98. The molecule has 0 unspecified atom stereocenters. The number of hydrogen-bond donors (Lipinski definition) is 1. The molecule has 0 atom stereocenters. The van der Waals surface area contributed by atoms with E-state index in [1.54, 1.807) is 0 Å². The highest BCUT2D eigenvalue weighted by molar-refractivity contribution is 5.94. The molecule has 86 valence electrons. The van der Waals surface area contributed by atoms with Crippen molar-refractivity contribution in [3.05, 3.63) is 48.5 Å². The second-order valence-electron chi connectivity index (χ2n) is 4.25. The lowest BCUT2D eigenvalue weighted by atomic mass is 10.2. The first kappa shape index (κ1) is 9.41. The minimum atomic E-state index is 0.522. The van der Waals surface area contributed by atoms with Crippen LogP contribution in [-0.2, 0) is 0 Å². The number of benzene rings is 2. The first-order valence-electron chi connectivity index (χ1n) is 5.76. The first-order chi connectivity index (χ1) is 8.84. The second kappa shape index (κ2) is 3.20. The fourth-order valence-electron chi connectivity index (χ4n) is 2.38. The number of anilines is 1. The molecule has 0 aliphatic rings. The van der Waals surface area contributed by atoms with Crippen molar-refractivity contribution in [1.29, 1.82) is 0 Å². The predicted octanol–water partition coefficient (Wildman–Crippen LogP) is 2.62. The van der Waals surface area contributed by atoms with Gasteiger partial charge in [-0.15, -0.1) is 0 Å². The molecule has 0 spiro atoms. The maximum absolute atomic E-state index is 5.98. The van der Waals surface area contributed by atoms with E-state index in [0.717, 1.165) is 21.9 Å². The van der Waals surface area contributed by atoms with Gasteiger partial charge in [-0.1, -0.05) is 24.3 Å². The van der Waals surface area contributed by atoms with E-state index in [0.29, 0.717) is 11.6 Å². The molecule has 2 N–H and O–H groups in total. The van der Waals surface area contributed by atoms with Crippen molar-refractivity contribution in [2.75, 3.05) is 5.73 Å². The van der Waals surface area contributed by atoms with Gasteiger partial charge in [0.15, 0.2) is 0 Å². The quantitative estimate of drug-likeness (QED) is 0.509. The van der Waals surface area contributed by atoms with Crippen LogP contribution in [0.25, 0.3) is 27.7 Å². The summed E-state index contributed by atoms with van der Waals surface area (Å²) in [4.78, 5) is 8.87. The fourth-order valence-corrected chi connectivity index (χ4v) is 2.38. The van der Waals surface area contributed by atoms with Crippen LogP contribution >= 0.6 is 0 Å². The van der Waals surface area contributed by atoms with Crippen molar-refractivity contribution in [3.63, 3.8) is 0 Å². The van der Waals surface area contributed by atoms with Gasteiger partial charge in [-0.05, 0) is 24.3 Å². The van der Waals surface area contributed by atoms with Gasteiger partial charge in [0.25, 0.3) is 0 Å². The molecule has 0 aliphatic carbocycles. The van der Waals surface area contributed by atoms with Gasteiger partial charge < -0.3 is 5.73 Å². The molecular weight excluding hydrogens is 224 g/mol. The van der Waals surface area contributed by atoms with Crippen molar-refractivity contribution in [2.24, 2.45) is 0 Å². The lowest BCUT2D eigenvalue weighted by Gasteiger charge is -2.04. The zero-order valence-electron chi connectivity index (χ0n) is 9.54. The second-order valence-corrected chi connectivity index (χ2v) is 4.25. The van der Waals surface area contributed by atoms with Crippen LogP contribution in [0.15, 0.2) is 48.5 Å². The number of hydrogen-bond acceptors (Lipinski definition) is 3. The fraction of sp³-hybridized carbons (Fsp3) is 0. The third-order valence-electron chi connectivity index (χ3n) is 3.18. The summed E-state index contributed by atoms with van der Waals surface area (Å²) in [5.41, 5.74) is 9.00. The number of fused-ring (bicyclic) bond motifs is 5. The molecule has 0 radical (unpaired) electrons. The molecule has 18 heavy (non-hydrogen) atoms. The molecule has 2 aromatic heterocycles. The number of para-hydroxylation sites is 3. The van der Waals surface area contributed by atoms with E-state index in [9.17, 15) is 0 Å². The Morgan fingerprint density at radius 1 is 0.833 bits per heavy atom.